The van der Waals surface area contributed by atoms with Crippen LogP contribution < -0.4 is 10.2 Å². The summed E-state index contributed by atoms with van der Waals surface area (Å²) >= 11 is 0. The number of carboxylic acid groups (broad SMARTS) is 1. The highest BCUT2D eigenvalue weighted by Crippen LogP contribution is 2.22. The number of carbonyl (C=O) groups excluding carboxylic acids is 1. The van der Waals surface area contributed by atoms with Crippen molar-refractivity contribution in [2.45, 2.75) is 19.8 Å². The highest BCUT2D eigenvalue weighted by molar-refractivity contribution is 5.82. The molecule has 0 unspecified atom stereocenters. The van der Waals surface area contributed by atoms with Gasteiger partial charge < -0.3 is 15.3 Å². The zero-order valence-corrected chi connectivity index (χ0v) is 14.1. The van der Waals surface area contributed by atoms with Gasteiger partial charge in [0, 0.05) is 25.8 Å². The second-order valence-corrected chi connectivity index (χ2v) is 6.12. The number of piperidine rings is 1. The van der Waals surface area contributed by atoms with E-state index in [0.717, 1.165) is 44.8 Å². The molecule has 24 heavy (non-hydrogen) atoms. The molecule has 0 atom stereocenters. The highest BCUT2D eigenvalue weighted by Gasteiger charge is 2.22. The van der Waals surface area contributed by atoms with Crippen molar-refractivity contribution in [1.29, 1.82) is 0 Å². The number of nitrogens with one attached hydrogen (secondary N) is 1. The normalized spacial score (nSPS) is 15.5. The fourth-order valence-electron chi connectivity index (χ4n) is 2.99. The van der Waals surface area contributed by atoms with E-state index in [2.05, 4.69) is 20.1 Å². The van der Waals surface area contributed by atoms with Gasteiger partial charge in [0.15, 0.2) is 0 Å². The summed E-state index contributed by atoms with van der Waals surface area (Å²) in [5.41, 5.74) is 0. The quantitative estimate of drug-likeness (QED) is 0.732. The molecule has 1 aliphatic heterocycles. The van der Waals surface area contributed by atoms with Crippen LogP contribution in [0.4, 0.5) is 5.82 Å². The molecule has 0 radical (unpaired) electrons. The molecule has 2 heterocycles. The third-order valence-corrected chi connectivity index (χ3v) is 4.36. The van der Waals surface area contributed by atoms with E-state index >= 15 is 0 Å². The number of likely N-dealkylation sites (N-methyl/N-ethyl adjacent to an activating group) is 1. The molecule has 0 spiro atoms. The Kier molecular flexibility index (Phi) is 6.99. The third kappa shape index (κ3) is 5.81. The summed E-state index contributed by atoms with van der Waals surface area (Å²) in [7, 11) is 0. The minimum Gasteiger partial charge on any atom is -0.480 e. The number of hydrogen-bond acceptors (Lipinski definition) is 5. The summed E-state index contributed by atoms with van der Waals surface area (Å²) in [6.07, 6.45) is 3.96. The average molecular weight is 334 g/mol. The molecule has 7 heteroatoms. The molecule has 2 rings (SSSR count). The number of anilines is 1. The molecule has 2 N–H and O–H groups in total. The zero-order chi connectivity index (χ0) is 17.4. The smallest absolute Gasteiger partial charge is 0.322 e. The molecule has 0 bridgehead atoms. The van der Waals surface area contributed by atoms with Gasteiger partial charge in [-0.1, -0.05) is 13.0 Å². The number of hydrogen-bond donors (Lipinski definition) is 2. The summed E-state index contributed by atoms with van der Waals surface area (Å²) in [4.78, 5) is 31.0. The lowest BCUT2D eigenvalue weighted by Gasteiger charge is -2.35. The van der Waals surface area contributed by atoms with E-state index in [0.29, 0.717) is 5.92 Å². The number of carboxylic acids is 1. The molecular weight excluding hydrogens is 308 g/mol. The number of aromatic nitrogens is 1. The Morgan fingerprint density at radius 2 is 2.12 bits per heavy atom. The largest absolute Gasteiger partial charge is 0.480 e. The second kappa shape index (κ2) is 9.22. The minimum atomic E-state index is -1.02. The van der Waals surface area contributed by atoms with Gasteiger partial charge in [0.05, 0.1) is 6.54 Å². The fourth-order valence-corrected chi connectivity index (χ4v) is 2.99. The molecule has 132 valence electrons. The van der Waals surface area contributed by atoms with E-state index in [1.807, 2.05) is 31.3 Å². The van der Waals surface area contributed by atoms with Crippen molar-refractivity contribution >= 4 is 17.7 Å². The molecular formula is C17H26N4O3. The van der Waals surface area contributed by atoms with Crippen LogP contribution in [0.1, 0.15) is 19.8 Å². The van der Waals surface area contributed by atoms with Gasteiger partial charge in [-0.3, -0.25) is 14.5 Å². The van der Waals surface area contributed by atoms with Crippen molar-refractivity contribution in [3.05, 3.63) is 24.4 Å². The second-order valence-electron chi connectivity index (χ2n) is 6.12. The summed E-state index contributed by atoms with van der Waals surface area (Å²) in [5, 5.41) is 11.0. The number of pyridine rings is 1. The topological polar surface area (TPSA) is 85.8 Å². The molecule has 1 fully saturated rings. The van der Waals surface area contributed by atoms with Gasteiger partial charge in [-0.15, -0.1) is 0 Å². The Hall–Kier alpha value is -2.15. The van der Waals surface area contributed by atoms with Crippen molar-refractivity contribution < 1.29 is 14.7 Å². The van der Waals surface area contributed by atoms with Gasteiger partial charge in [0.2, 0.25) is 5.91 Å². The number of carbonyl (C=O) groups is 2. The van der Waals surface area contributed by atoms with E-state index < -0.39 is 5.97 Å². The molecule has 1 aromatic rings. The Bertz CT molecular complexity index is 530. The van der Waals surface area contributed by atoms with Crippen LogP contribution in [0.15, 0.2) is 24.4 Å². The van der Waals surface area contributed by atoms with Crippen molar-refractivity contribution in [2.24, 2.45) is 5.92 Å². The van der Waals surface area contributed by atoms with Crippen LogP contribution in [0.25, 0.3) is 0 Å². The molecule has 7 nitrogen and oxygen atoms in total. The predicted octanol–water partition coefficient (Wildman–Crippen LogP) is 0.821. The summed E-state index contributed by atoms with van der Waals surface area (Å²) in [5.74, 6) is 0.326. The monoisotopic (exact) mass is 334 g/mol. The maximum atomic E-state index is 11.8. The third-order valence-electron chi connectivity index (χ3n) is 4.36. The molecule has 1 aliphatic rings. The van der Waals surface area contributed by atoms with Crippen LogP contribution in [0.2, 0.25) is 0 Å². The maximum absolute atomic E-state index is 11.8. The van der Waals surface area contributed by atoms with Crippen molar-refractivity contribution in [1.82, 2.24) is 15.2 Å². The average Bonchev–Trinajstić information content (AvgIpc) is 2.60. The van der Waals surface area contributed by atoms with E-state index in [1.165, 1.54) is 0 Å². The van der Waals surface area contributed by atoms with Gasteiger partial charge in [-0.05, 0) is 37.4 Å². The summed E-state index contributed by atoms with van der Waals surface area (Å²) < 4.78 is 0. The highest BCUT2D eigenvalue weighted by atomic mass is 16.4. The summed E-state index contributed by atoms with van der Waals surface area (Å²) in [6.45, 7) is 5.56. The number of aliphatic carboxylic acids is 1. The zero-order valence-electron chi connectivity index (χ0n) is 14.1. The van der Waals surface area contributed by atoms with Gasteiger partial charge >= 0.3 is 5.97 Å². The van der Waals surface area contributed by atoms with Gasteiger partial charge in [-0.25, -0.2) is 4.98 Å². The number of rotatable bonds is 8. The Balaban J connectivity index is 1.75. The molecule has 0 aliphatic carbocycles. The maximum Gasteiger partial charge on any atom is 0.322 e. The number of nitrogens with zero attached hydrogens (tertiary/aromatic N) is 3. The molecule has 1 aromatic heterocycles. The van der Waals surface area contributed by atoms with Gasteiger partial charge in [0.25, 0.3) is 0 Å². The van der Waals surface area contributed by atoms with E-state index in [4.69, 9.17) is 5.11 Å². The van der Waals surface area contributed by atoms with Crippen molar-refractivity contribution in [3.8, 4) is 0 Å². The van der Waals surface area contributed by atoms with Crippen molar-refractivity contribution in [3.63, 3.8) is 0 Å². The van der Waals surface area contributed by atoms with Crippen LogP contribution in [0, 0.1) is 5.92 Å². The van der Waals surface area contributed by atoms with Crippen LogP contribution in [0.3, 0.4) is 0 Å². The van der Waals surface area contributed by atoms with Crippen molar-refractivity contribution in [2.75, 3.05) is 44.2 Å². The van der Waals surface area contributed by atoms with E-state index in [9.17, 15) is 9.59 Å². The molecule has 1 saturated heterocycles. The molecule has 1 amide bonds. The first kappa shape index (κ1) is 18.2. The minimum absolute atomic E-state index is 0.231. The first-order valence-corrected chi connectivity index (χ1v) is 8.45. The predicted molar refractivity (Wildman–Crippen MR) is 91.9 cm³/mol. The SMILES string of the molecule is CCN(CC(=O)NCC(=O)O)CC1CCN(c2ccccn2)CC1. The van der Waals surface area contributed by atoms with Crippen LogP contribution in [-0.2, 0) is 9.59 Å². The lowest BCUT2D eigenvalue weighted by atomic mass is 9.96. The first-order chi connectivity index (χ1) is 11.6. The first-order valence-electron chi connectivity index (χ1n) is 8.45. The Labute approximate surface area is 142 Å². The van der Waals surface area contributed by atoms with E-state index in [-0.39, 0.29) is 19.0 Å². The van der Waals surface area contributed by atoms with E-state index in [1.54, 1.807) is 0 Å². The van der Waals surface area contributed by atoms with Gasteiger partial charge in [0.1, 0.15) is 12.4 Å². The Morgan fingerprint density at radius 1 is 1.38 bits per heavy atom. The van der Waals surface area contributed by atoms with Crippen LogP contribution in [0.5, 0.6) is 0 Å². The standard InChI is InChI=1S/C17H26N4O3/c1-2-20(13-16(22)19-11-17(23)24)12-14-6-9-21(10-7-14)15-5-3-4-8-18-15/h3-5,8,14H,2,6-7,9-13H2,1H3,(H,19,22)(H,23,24). The summed E-state index contributed by atoms with van der Waals surface area (Å²) in [6, 6.07) is 5.96. The fraction of sp³-hybridized carbons (Fsp3) is 0.588. The van der Waals surface area contributed by atoms with Crippen LogP contribution >= 0.6 is 0 Å². The molecule has 0 aromatic carbocycles. The lowest BCUT2D eigenvalue weighted by Crippen LogP contribution is -2.43. The van der Waals surface area contributed by atoms with Gasteiger partial charge in [-0.2, -0.15) is 0 Å². The Morgan fingerprint density at radius 3 is 2.71 bits per heavy atom. The van der Waals surface area contributed by atoms with Crippen LogP contribution in [-0.4, -0.2) is 66.1 Å². The number of amides is 1. The molecule has 0 saturated carbocycles. The lowest BCUT2D eigenvalue weighted by molar-refractivity contribution is -0.138.